The van der Waals surface area contributed by atoms with E-state index in [-0.39, 0.29) is 42.0 Å². The quantitative estimate of drug-likeness (QED) is 0.121. The van der Waals surface area contributed by atoms with Crippen LogP contribution in [0, 0.1) is 10.1 Å². The van der Waals surface area contributed by atoms with Crippen LogP contribution in [-0.2, 0) is 14.3 Å². The Morgan fingerprint density at radius 2 is 1.63 bits per heavy atom. The van der Waals surface area contributed by atoms with Crippen molar-refractivity contribution in [1.29, 1.82) is 0 Å². The Bertz CT molecular complexity index is 1290. The Balaban J connectivity index is 1.17. The summed E-state index contributed by atoms with van der Waals surface area (Å²) in [5, 5.41) is 12.8. The first-order valence-electron chi connectivity index (χ1n) is 11.8. The van der Waals surface area contributed by atoms with Gasteiger partial charge in [0.25, 0.3) is 17.5 Å². The molecule has 4 rings (SSSR count). The lowest BCUT2D eigenvalue weighted by atomic mass is 10.0. The number of nitrogens with one attached hydrogen (secondary N) is 1. The molecule has 0 aromatic heterocycles. The van der Waals surface area contributed by atoms with Crippen molar-refractivity contribution in [3.8, 4) is 11.5 Å². The Hall–Kier alpha value is -4.81. The zero-order chi connectivity index (χ0) is 27.2. The van der Waals surface area contributed by atoms with Gasteiger partial charge in [0.1, 0.15) is 17.5 Å². The predicted molar refractivity (Wildman–Crippen MR) is 128 cm³/mol. The molecule has 2 aliphatic heterocycles. The zero-order valence-electron chi connectivity index (χ0n) is 20.0. The summed E-state index contributed by atoms with van der Waals surface area (Å²) in [6.07, 6.45) is 1.03. The van der Waals surface area contributed by atoms with E-state index >= 15 is 0 Å². The number of carbonyl (C=O) groups is 5. The molecule has 38 heavy (non-hydrogen) atoms. The molecule has 2 heterocycles. The van der Waals surface area contributed by atoms with Gasteiger partial charge in [-0.25, -0.2) is 4.79 Å². The minimum atomic E-state index is -1.03. The van der Waals surface area contributed by atoms with Crippen LogP contribution in [0.2, 0.25) is 0 Å². The number of fused-ring (bicyclic) bond motifs is 1. The lowest BCUT2D eigenvalue weighted by molar-refractivity contribution is -0.384. The molecule has 2 aliphatic rings. The highest BCUT2D eigenvalue weighted by molar-refractivity contribution is 6.23. The Labute approximate surface area is 215 Å². The number of non-ortho nitro benzene ring substituents is 1. The molecule has 1 atom stereocenters. The minimum Gasteiger partial charge on any atom is -0.494 e. The second kappa shape index (κ2) is 11.5. The van der Waals surface area contributed by atoms with E-state index in [2.05, 4.69) is 5.32 Å². The summed E-state index contributed by atoms with van der Waals surface area (Å²) in [5.74, 6) is -1.79. The number of rotatable bonds is 10. The minimum absolute atomic E-state index is 0.0458. The molecular weight excluding hydrogens is 502 g/mol. The Kier molecular flexibility index (Phi) is 7.94. The number of unbranched alkanes of at least 4 members (excludes halogenated alkanes) is 2. The third-order valence-electron chi connectivity index (χ3n) is 5.94. The van der Waals surface area contributed by atoms with Crippen LogP contribution in [0.4, 0.5) is 10.5 Å². The van der Waals surface area contributed by atoms with Gasteiger partial charge in [0.15, 0.2) is 0 Å². The smallest absolute Gasteiger partial charge is 0.494 e. The first-order chi connectivity index (χ1) is 18.2. The fourth-order valence-corrected chi connectivity index (χ4v) is 4.03. The fraction of sp³-hybridized carbons (Fsp3) is 0.320. The number of amides is 4. The Morgan fingerprint density at radius 3 is 2.34 bits per heavy atom. The molecule has 2 aromatic rings. The van der Waals surface area contributed by atoms with Crippen molar-refractivity contribution in [3.05, 3.63) is 63.7 Å². The Morgan fingerprint density at radius 1 is 0.947 bits per heavy atom. The third kappa shape index (κ3) is 5.94. The number of nitro benzene ring substituents is 1. The SMILES string of the molecule is O=C1CCC(N2C(=O)c3ccc(OCCCCCOC(=O)Oc4ccc([N+](=O)[O-])cc4)cc3C2=O)C(=O)N1. The summed E-state index contributed by atoms with van der Waals surface area (Å²) in [7, 11) is 0. The van der Waals surface area contributed by atoms with Gasteiger partial charge in [-0.2, -0.15) is 0 Å². The van der Waals surface area contributed by atoms with Crippen molar-refractivity contribution >= 4 is 35.5 Å². The number of piperidine rings is 1. The van der Waals surface area contributed by atoms with Gasteiger partial charge in [-0.1, -0.05) is 0 Å². The monoisotopic (exact) mass is 525 g/mol. The van der Waals surface area contributed by atoms with E-state index < -0.39 is 40.7 Å². The van der Waals surface area contributed by atoms with E-state index in [1.807, 2.05) is 0 Å². The highest BCUT2D eigenvalue weighted by Crippen LogP contribution is 2.30. The number of imide groups is 2. The molecule has 0 aliphatic carbocycles. The van der Waals surface area contributed by atoms with Crippen molar-refractivity contribution in [2.75, 3.05) is 13.2 Å². The largest absolute Gasteiger partial charge is 0.513 e. The zero-order valence-corrected chi connectivity index (χ0v) is 20.0. The van der Waals surface area contributed by atoms with E-state index in [1.165, 1.54) is 36.4 Å². The number of hydrogen-bond donors (Lipinski definition) is 1. The maximum atomic E-state index is 12.9. The number of nitrogens with zero attached hydrogens (tertiary/aromatic N) is 2. The number of hydrogen-bond acceptors (Lipinski definition) is 10. The average molecular weight is 525 g/mol. The molecule has 1 N–H and O–H groups in total. The maximum absolute atomic E-state index is 12.9. The van der Waals surface area contributed by atoms with Crippen LogP contribution in [0.5, 0.6) is 11.5 Å². The maximum Gasteiger partial charge on any atom is 0.513 e. The number of carbonyl (C=O) groups excluding carboxylic acids is 5. The second-order valence-corrected chi connectivity index (χ2v) is 8.52. The molecule has 1 fully saturated rings. The topological polar surface area (TPSA) is 171 Å². The van der Waals surface area contributed by atoms with Crippen molar-refractivity contribution < 1.29 is 43.1 Å². The van der Waals surface area contributed by atoms with Gasteiger partial charge in [-0.3, -0.25) is 39.5 Å². The molecule has 0 spiro atoms. The van der Waals surface area contributed by atoms with E-state index in [9.17, 15) is 34.1 Å². The van der Waals surface area contributed by atoms with Gasteiger partial charge in [-0.15, -0.1) is 0 Å². The lowest BCUT2D eigenvalue weighted by Crippen LogP contribution is -2.54. The van der Waals surface area contributed by atoms with Crippen molar-refractivity contribution in [3.63, 3.8) is 0 Å². The van der Waals surface area contributed by atoms with Gasteiger partial charge in [-0.05, 0) is 56.0 Å². The van der Waals surface area contributed by atoms with E-state index in [0.717, 1.165) is 4.90 Å². The number of ether oxygens (including phenoxy) is 3. The molecule has 4 amide bonds. The molecule has 13 heteroatoms. The van der Waals surface area contributed by atoms with Crippen molar-refractivity contribution in [2.24, 2.45) is 0 Å². The molecule has 1 unspecified atom stereocenters. The first kappa shape index (κ1) is 26.3. The van der Waals surface area contributed by atoms with Gasteiger partial charge in [0, 0.05) is 18.6 Å². The number of benzene rings is 2. The summed E-state index contributed by atoms with van der Waals surface area (Å²) in [6, 6.07) is 8.49. The van der Waals surface area contributed by atoms with Crippen LogP contribution in [0.25, 0.3) is 0 Å². The summed E-state index contributed by atoms with van der Waals surface area (Å²) in [6.45, 7) is 0.419. The normalized spacial score (nSPS) is 16.6. The van der Waals surface area contributed by atoms with Crippen LogP contribution < -0.4 is 14.8 Å². The first-order valence-corrected chi connectivity index (χ1v) is 11.8. The number of nitro groups is 1. The second-order valence-electron chi connectivity index (χ2n) is 8.52. The molecule has 0 saturated carbocycles. The van der Waals surface area contributed by atoms with Gasteiger partial charge in [0.05, 0.1) is 29.3 Å². The molecule has 13 nitrogen and oxygen atoms in total. The van der Waals surface area contributed by atoms with Gasteiger partial charge >= 0.3 is 6.16 Å². The third-order valence-corrected chi connectivity index (χ3v) is 5.94. The molecule has 2 aromatic carbocycles. The molecule has 0 bridgehead atoms. The van der Waals surface area contributed by atoms with E-state index in [1.54, 1.807) is 6.07 Å². The van der Waals surface area contributed by atoms with Crippen LogP contribution in [0.1, 0.15) is 52.8 Å². The molecule has 198 valence electrons. The van der Waals surface area contributed by atoms with Crippen LogP contribution in [0.3, 0.4) is 0 Å². The lowest BCUT2D eigenvalue weighted by Gasteiger charge is -2.27. The van der Waals surface area contributed by atoms with Crippen molar-refractivity contribution in [1.82, 2.24) is 10.2 Å². The van der Waals surface area contributed by atoms with E-state index in [0.29, 0.717) is 31.6 Å². The van der Waals surface area contributed by atoms with E-state index in [4.69, 9.17) is 14.2 Å². The molecule has 0 radical (unpaired) electrons. The predicted octanol–water partition coefficient (Wildman–Crippen LogP) is 2.76. The van der Waals surface area contributed by atoms with Crippen molar-refractivity contribution in [2.45, 2.75) is 38.1 Å². The summed E-state index contributed by atoms with van der Waals surface area (Å²) < 4.78 is 15.6. The summed E-state index contributed by atoms with van der Waals surface area (Å²) in [5.41, 5.74) is 0.184. The van der Waals surface area contributed by atoms with Gasteiger partial charge in [0.2, 0.25) is 11.8 Å². The van der Waals surface area contributed by atoms with Crippen LogP contribution in [-0.4, -0.2) is 58.9 Å². The highest BCUT2D eigenvalue weighted by atomic mass is 16.7. The molecular formula is C25H23N3O10. The van der Waals surface area contributed by atoms with Crippen LogP contribution in [0.15, 0.2) is 42.5 Å². The summed E-state index contributed by atoms with van der Waals surface area (Å²) >= 11 is 0. The standard InChI is InChI=1S/C25H23N3O10/c29-21-11-10-20(22(30)26-21)27-23(31)18-9-8-17(14-19(18)24(27)32)36-12-2-1-3-13-37-25(33)38-16-6-4-15(5-7-16)28(34)35/h4-9,14,20H,1-3,10-13H2,(H,26,29,30). The fourth-order valence-electron chi connectivity index (χ4n) is 4.03. The highest BCUT2D eigenvalue weighted by Gasteiger charge is 2.44. The molecule has 1 saturated heterocycles. The summed E-state index contributed by atoms with van der Waals surface area (Å²) in [4.78, 5) is 71.8. The van der Waals surface area contributed by atoms with Crippen LogP contribution >= 0.6 is 0 Å². The van der Waals surface area contributed by atoms with Gasteiger partial charge < -0.3 is 14.2 Å². The average Bonchev–Trinajstić information content (AvgIpc) is 3.13.